The van der Waals surface area contributed by atoms with E-state index in [9.17, 15) is 4.79 Å². The maximum absolute atomic E-state index is 12.2. The molecule has 0 saturated carbocycles. The van der Waals surface area contributed by atoms with E-state index in [4.69, 9.17) is 0 Å². The fraction of sp³-hybridized carbons (Fsp3) is 0.143. The molecule has 0 fully saturated rings. The van der Waals surface area contributed by atoms with Crippen LogP contribution in [0.4, 0.5) is 11.4 Å². The lowest BCUT2D eigenvalue weighted by Gasteiger charge is -2.30. The molecule has 0 bridgehead atoms. The monoisotopic (exact) mass is 329 g/mol. The standard InChI is InChI=1S/C21H19N3O/c25-21(17-6-3-12-22-14-17)23-19-7-9-20(10-8-19)24-13-11-16-4-1-2-5-18(16)15-24/h1-10,12,14H,11,13,15H2,(H,23,25). The molecule has 0 radical (unpaired) electrons. The molecule has 4 nitrogen and oxygen atoms in total. The molecule has 1 N–H and O–H groups in total. The van der Waals surface area contributed by atoms with Crippen molar-refractivity contribution in [1.82, 2.24) is 4.98 Å². The van der Waals surface area contributed by atoms with Gasteiger partial charge in [-0.2, -0.15) is 0 Å². The molecule has 4 heteroatoms. The number of benzene rings is 2. The molecule has 1 aliphatic rings. The van der Waals surface area contributed by atoms with Crippen LogP contribution in [-0.2, 0) is 13.0 Å². The minimum atomic E-state index is -0.146. The zero-order chi connectivity index (χ0) is 17.1. The molecule has 0 spiro atoms. The number of nitrogens with one attached hydrogen (secondary N) is 1. The average molecular weight is 329 g/mol. The van der Waals surface area contributed by atoms with E-state index in [-0.39, 0.29) is 5.91 Å². The van der Waals surface area contributed by atoms with E-state index in [2.05, 4.69) is 51.6 Å². The summed E-state index contributed by atoms with van der Waals surface area (Å²) in [7, 11) is 0. The summed E-state index contributed by atoms with van der Waals surface area (Å²) in [6.07, 6.45) is 4.28. The number of amides is 1. The molecule has 1 amide bonds. The summed E-state index contributed by atoms with van der Waals surface area (Å²) in [6.45, 7) is 1.94. The van der Waals surface area contributed by atoms with Crippen LogP contribution in [0.5, 0.6) is 0 Å². The molecule has 4 rings (SSSR count). The predicted octanol–water partition coefficient (Wildman–Crippen LogP) is 3.90. The number of pyridine rings is 1. The Kier molecular flexibility index (Phi) is 4.17. The van der Waals surface area contributed by atoms with Crippen LogP contribution < -0.4 is 10.2 Å². The Balaban J connectivity index is 1.45. The van der Waals surface area contributed by atoms with Crippen LogP contribution in [0.25, 0.3) is 0 Å². The van der Waals surface area contributed by atoms with Gasteiger partial charge in [0.1, 0.15) is 0 Å². The van der Waals surface area contributed by atoms with Crippen LogP contribution in [-0.4, -0.2) is 17.4 Å². The van der Waals surface area contributed by atoms with Gasteiger partial charge in [-0.05, 0) is 53.9 Å². The van der Waals surface area contributed by atoms with Gasteiger partial charge in [-0.3, -0.25) is 9.78 Å². The number of hydrogen-bond donors (Lipinski definition) is 1. The van der Waals surface area contributed by atoms with Crippen molar-refractivity contribution < 1.29 is 4.79 Å². The van der Waals surface area contributed by atoms with E-state index in [1.165, 1.54) is 16.8 Å². The number of hydrogen-bond acceptors (Lipinski definition) is 3. The van der Waals surface area contributed by atoms with Crippen LogP contribution in [0, 0.1) is 0 Å². The zero-order valence-electron chi connectivity index (χ0n) is 13.9. The number of nitrogens with zero attached hydrogens (tertiary/aromatic N) is 2. The van der Waals surface area contributed by atoms with Crippen molar-refractivity contribution in [2.45, 2.75) is 13.0 Å². The molecule has 0 aliphatic carbocycles. The number of carbonyl (C=O) groups is 1. The van der Waals surface area contributed by atoms with E-state index in [0.717, 1.165) is 25.2 Å². The Morgan fingerprint density at radius 1 is 0.960 bits per heavy atom. The maximum Gasteiger partial charge on any atom is 0.257 e. The van der Waals surface area contributed by atoms with Gasteiger partial charge in [0, 0.05) is 36.9 Å². The third kappa shape index (κ3) is 3.38. The molecule has 1 aromatic heterocycles. The minimum Gasteiger partial charge on any atom is -0.367 e. The fourth-order valence-electron chi connectivity index (χ4n) is 3.17. The summed E-state index contributed by atoms with van der Waals surface area (Å²) in [4.78, 5) is 18.5. The minimum absolute atomic E-state index is 0.146. The topological polar surface area (TPSA) is 45.2 Å². The lowest BCUT2D eigenvalue weighted by atomic mass is 9.99. The number of anilines is 2. The molecule has 25 heavy (non-hydrogen) atoms. The number of rotatable bonds is 3. The van der Waals surface area contributed by atoms with Gasteiger partial charge in [0.15, 0.2) is 0 Å². The highest BCUT2D eigenvalue weighted by molar-refractivity contribution is 6.04. The number of fused-ring (bicyclic) bond motifs is 1. The normalized spacial score (nSPS) is 13.2. The Bertz CT molecular complexity index is 875. The Morgan fingerprint density at radius 3 is 2.52 bits per heavy atom. The quantitative estimate of drug-likeness (QED) is 0.793. The summed E-state index contributed by atoms with van der Waals surface area (Å²) in [6, 6.07) is 20.1. The first-order valence-electron chi connectivity index (χ1n) is 8.43. The highest BCUT2D eigenvalue weighted by Crippen LogP contribution is 2.25. The molecule has 0 saturated heterocycles. The second-order valence-electron chi connectivity index (χ2n) is 6.18. The van der Waals surface area contributed by atoms with Crippen molar-refractivity contribution in [3.05, 3.63) is 89.7 Å². The molecule has 0 unspecified atom stereocenters. The van der Waals surface area contributed by atoms with Crippen LogP contribution in [0.1, 0.15) is 21.5 Å². The first-order valence-corrected chi connectivity index (χ1v) is 8.43. The van der Waals surface area contributed by atoms with E-state index < -0.39 is 0 Å². The first-order chi connectivity index (χ1) is 12.3. The van der Waals surface area contributed by atoms with Crippen molar-refractivity contribution in [2.75, 3.05) is 16.8 Å². The first kappa shape index (κ1) is 15.4. The highest BCUT2D eigenvalue weighted by Gasteiger charge is 2.16. The third-order valence-corrected chi connectivity index (χ3v) is 4.54. The average Bonchev–Trinajstić information content (AvgIpc) is 2.69. The van der Waals surface area contributed by atoms with E-state index >= 15 is 0 Å². The molecular formula is C21H19N3O. The molecular weight excluding hydrogens is 310 g/mol. The molecule has 2 heterocycles. The molecule has 3 aromatic rings. The van der Waals surface area contributed by atoms with Gasteiger partial charge in [-0.25, -0.2) is 0 Å². The maximum atomic E-state index is 12.2. The van der Waals surface area contributed by atoms with Crippen molar-refractivity contribution in [1.29, 1.82) is 0 Å². The summed E-state index contributed by atoms with van der Waals surface area (Å²) in [5, 5.41) is 2.91. The second kappa shape index (κ2) is 6.77. The van der Waals surface area contributed by atoms with Crippen LogP contribution in [0.3, 0.4) is 0 Å². The van der Waals surface area contributed by atoms with Gasteiger partial charge < -0.3 is 10.2 Å². The number of aromatic nitrogens is 1. The third-order valence-electron chi connectivity index (χ3n) is 4.54. The van der Waals surface area contributed by atoms with Gasteiger partial charge >= 0.3 is 0 Å². The van der Waals surface area contributed by atoms with Crippen molar-refractivity contribution in [2.24, 2.45) is 0 Å². The summed E-state index contributed by atoms with van der Waals surface area (Å²) >= 11 is 0. The van der Waals surface area contributed by atoms with Gasteiger partial charge in [-0.1, -0.05) is 24.3 Å². The molecule has 124 valence electrons. The highest BCUT2D eigenvalue weighted by atomic mass is 16.1. The SMILES string of the molecule is O=C(Nc1ccc(N2CCc3ccccc3C2)cc1)c1cccnc1. The van der Waals surface area contributed by atoms with Gasteiger partial charge in [0.25, 0.3) is 5.91 Å². The van der Waals surface area contributed by atoms with Crippen molar-refractivity contribution >= 4 is 17.3 Å². The smallest absolute Gasteiger partial charge is 0.257 e. The van der Waals surface area contributed by atoms with E-state index in [1.54, 1.807) is 24.5 Å². The Labute approximate surface area is 147 Å². The summed E-state index contributed by atoms with van der Waals surface area (Å²) < 4.78 is 0. The zero-order valence-corrected chi connectivity index (χ0v) is 13.9. The van der Waals surface area contributed by atoms with Gasteiger partial charge in [0.2, 0.25) is 0 Å². The Hall–Kier alpha value is -3.14. The fourth-order valence-corrected chi connectivity index (χ4v) is 3.17. The summed E-state index contributed by atoms with van der Waals surface area (Å²) in [5.41, 5.74) is 5.35. The second-order valence-corrected chi connectivity index (χ2v) is 6.18. The molecule has 0 atom stereocenters. The van der Waals surface area contributed by atoms with E-state index in [1.807, 2.05) is 12.1 Å². The van der Waals surface area contributed by atoms with Crippen molar-refractivity contribution in [3.8, 4) is 0 Å². The van der Waals surface area contributed by atoms with E-state index in [0.29, 0.717) is 5.56 Å². The predicted molar refractivity (Wildman–Crippen MR) is 99.8 cm³/mol. The summed E-state index contributed by atoms with van der Waals surface area (Å²) in [5.74, 6) is -0.146. The molecule has 2 aromatic carbocycles. The largest absolute Gasteiger partial charge is 0.367 e. The van der Waals surface area contributed by atoms with Crippen LogP contribution in [0.15, 0.2) is 73.1 Å². The van der Waals surface area contributed by atoms with Crippen LogP contribution >= 0.6 is 0 Å². The number of carbonyl (C=O) groups excluding carboxylic acids is 1. The van der Waals surface area contributed by atoms with Crippen LogP contribution in [0.2, 0.25) is 0 Å². The van der Waals surface area contributed by atoms with Crippen molar-refractivity contribution in [3.63, 3.8) is 0 Å². The van der Waals surface area contributed by atoms with Gasteiger partial charge in [0.05, 0.1) is 5.56 Å². The lowest BCUT2D eigenvalue weighted by molar-refractivity contribution is 0.102. The van der Waals surface area contributed by atoms with Gasteiger partial charge in [-0.15, -0.1) is 0 Å². The Morgan fingerprint density at radius 2 is 1.76 bits per heavy atom. The lowest BCUT2D eigenvalue weighted by Crippen LogP contribution is -2.30. The molecule has 1 aliphatic heterocycles.